The molecule has 1 heterocycles. The van der Waals surface area contributed by atoms with Crippen molar-refractivity contribution in [3.63, 3.8) is 0 Å². The summed E-state index contributed by atoms with van der Waals surface area (Å²) in [6.07, 6.45) is 2.14. The van der Waals surface area contributed by atoms with E-state index in [1.165, 1.54) is 7.11 Å². The number of benzene rings is 2. The number of hydrogen-bond donors (Lipinski definition) is 3. The summed E-state index contributed by atoms with van der Waals surface area (Å²) in [5.41, 5.74) is 2.71. The maximum Gasteiger partial charge on any atom is 0.328 e. The average Bonchev–Trinajstić information content (AvgIpc) is 3.19. The molecule has 8 nitrogen and oxygen atoms in total. The van der Waals surface area contributed by atoms with E-state index in [1.807, 2.05) is 36.5 Å². The van der Waals surface area contributed by atoms with Gasteiger partial charge in [0.2, 0.25) is 0 Å². The number of H-pyrrole nitrogens is 1. The number of ether oxygens (including phenoxy) is 3. The third-order valence-electron chi connectivity index (χ3n) is 4.79. The molecule has 30 heavy (non-hydrogen) atoms. The van der Waals surface area contributed by atoms with Crippen molar-refractivity contribution in [2.45, 2.75) is 19.0 Å². The van der Waals surface area contributed by atoms with Gasteiger partial charge in [0.15, 0.2) is 11.5 Å². The largest absolute Gasteiger partial charge is 0.493 e. The lowest BCUT2D eigenvalue weighted by atomic mass is 10.1. The molecule has 3 aromatic rings. The molecule has 2 aromatic carbocycles. The van der Waals surface area contributed by atoms with Gasteiger partial charge < -0.3 is 29.8 Å². The van der Waals surface area contributed by atoms with Gasteiger partial charge in [-0.1, -0.05) is 24.3 Å². The van der Waals surface area contributed by atoms with Crippen LogP contribution < -0.4 is 20.1 Å². The molecule has 0 unspecified atom stereocenters. The van der Waals surface area contributed by atoms with Gasteiger partial charge in [-0.2, -0.15) is 0 Å². The van der Waals surface area contributed by atoms with E-state index >= 15 is 0 Å². The third kappa shape index (κ3) is 4.83. The number of methoxy groups -OCH3 is 3. The molecule has 0 radical (unpaired) electrons. The average molecular weight is 411 g/mol. The van der Waals surface area contributed by atoms with E-state index in [0.29, 0.717) is 17.9 Å². The van der Waals surface area contributed by atoms with Crippen molar-refractivity contribution in [2.24, 2.45) is 0 Å². The number of aromatic amines is 1. The van der Waals surface area contributed by atoms with Crippen LogP contribution in [0.4, 0.5) is 4.79 Å². The second kappa shape index (κ2) is 9.69. The zero-order valence-corrected chi connectivity index (χ0v) is 17.2. The zero-order chi connectivity index (χ0) is 21.5. The Morgan fingerprint density at radius 3 is 2.53 bits per heavy atom. The van der Waals surface area contributed by atoms with Crippen LogP contribution in [0.2, 0.25) is 0 Å². The SMILES string of the molecule is COC(=O)[C@H](Cc1c[nH]c2ccccc12)NC(=O)NCc1ccc(OC)c(OC)c1. The molecule has 0 saturated carbocycles. The van der Waals surface area contributed by atoms with E-state index < -0.39 is 18.0 Å². The Labute approximate surface area is 174 Å². The van der Waals surface area contributed by atoms with Crippen molar-refractivity contribution in [1.82, 2.24) is 15.6 Å². The van der Waals surface area contributed by atoms with Gasteiger partial charge in [-0.3, -0.25) is 0 Å². The summed E-state index contributed by atoms with van der Waals surface area (Å²) in [4.78, 5) is 27.8. The first-order chi connectivity index (χ1) is 14.5. The molecular formula is C22H25N3O5. The summed E-state index contributed by atoms with van der Waals surface area (Å²) in [5, 5.41) is 6.45. The fourth-order valence-corrected chi connectivity index (χ4v) is 3.24. The maximum absolute atomic E-state index is 12.4. The Bertz CT molecular complexity index is 1030. The lowest BCUT2D eigenvalue weighted by Crippen LogP contribution is -2.47. The monoisotopic (exact) mass is 411 g/mol. The Balaban J connectivity index is 1.65. The van der Waals surface area contributed by atoms with Crippen molar-refractivity contribution in [1.29, 1.82) is 0 Å². The van der Waals surface area contributed by atoms with Crippen LogP contribution in [-0.4, -0.2) is 44.4 Å². The number of aromatic nitrogens is 1. The minimum atomic E-state index is -0.820. The lowest BCUT2D eigenvalue weighted by molar-refractivity contribution is -0.142. The minimum Gasteiger partial charge on any atom is -0.493 e. The molecule has 8 heteroatoms. The van der Waals surface area contributed by atoms with E-state index in [2.05, 4.69) is 15.6 Å². The number of esters is 1. The van der Waals surface area contributed by atoms with Crippen molar-refractivity contribution in [2.75, 3.05) is 21.3 Å². The van der Waals surface area contributed by atoms with E-state index in [-0.39, 0.29) is 6.54 Å². The number of carbonyl (C=O) groups is 2. The summed E-state index contributed by atoms with van der Waals surface area (Å²) >= 11 is 0. The van der Waals surface area contributed by atoms with Crippen molar-refractivity contribution < 1.29 is 23.8 Å². The first-order valence-corrected chi connectivity index (χ1v) is 9.43. The van der Waals surface area contributed by atoms with E-state index in [1.54, 1.807) is 26.4 Å². The summed E-state index contributed by atoms with van der Waals surface area (Å²) in [6, 6.07) is 11.9. The molecule has 0 aliphatic carbocycles. The Morgan fingerprint density at radius 2 is 1.80 bits per heavy atom. The summed E-state index contributed by atoms with van der Waals surface area (Å²) in [7, 11) is 4.41. The molecule has 0 spiro atoms. The van der Waals surface area contributed by atoms with Crippen LogP contribution in [0, 0.1) is 0 Å². The molecule has 0 bridgehead atoms. The Kier molecular flexibility index (Phi) is 6.79. The van der Waals surface area contributed by atoms with E-state index in [0.717, 1.165) is 22.0 Å². The van der Waals surface area contributed by atoms with Crippen LogP contribution in [0.5, 0.6) is 11.5 Å². The molecule has 2 amide bonds. The van der Waals surface area contributed by atoms with Gasteiger partial charge in [-0.25, -0.2) is 9.59 Å². The van der Waals surface area contributed by atoms with Crippen LogP contribution in [0.1, 0.15) is 11.1 Å². The van der Waals surface area contributed by atoms with Gasteiger partial charge in [0.1, 0.15) is 6.04 Å². The second-order valence-electron chi connectivity index (χ2n) is 6.66. The number of fused-ring (bicyclic) bond motifs is 1. The van der Waals surface area contributed by atoms with Gasteiger partial charge >= 0.3 is 12.0 Å². The lowest BCUT2D eigenvalue weighted by Gasteiger charge is -2.17. The predicted molar refractivity (Wildman–Crippen MR) is 113 cm³/mol. The molecule has 3 rings (SSSR count). The number of amides is 2. The zero-order valence-electron chi connectivity index (χ0n) is 17.2. The van der Waals surface area contributed by atoms with Gasteiger partial charge in [-0.05, 0) is 29.3 Å². The highest BCUT2D eigenvalue weighted by atomic mass is 16.5. The smallest absolute Gasteiger partial charge is 0.328 e. The van der Waals surface area contributed by atoms with Crippen LogP contribution in [-0.2, 0) is 22.5 Å². The van der Waals surface area contributed by atoms with Crippen molar-refractivity contribution in [3.05, 3.63) is 59.8 Å². The van der Waals surface area contributed by atoms with Crippen LogP contribution >= 0.6 is 0 Å². The van der Waals surface area contributed by atoms with Crippen molar-refractivity contribution in [3.8, 4) is 11.5 Å². The highest BCUT2D eigenvalue weighted by molar-refractivity contribution is 5.86. The van der Waals surface area contributed by atoms with Gasteiger partial charge in [0, 0.05) is 30.1 Å². The minimum absolute atomic E-state index is 0.257. The summed E-state index contributed by atoms with van der Waals surface area (Å²) < 4.78 is 15.4. The predicted octanol–water partition coefficient (Wildman–Crippen LogP) is 2.77. The molecule has 1 atom stereocenters. The van der Waals surface area contributed by atoms with Crippen LogP contribution in [0.3, 0.4) is 0 Å². The summed E-state index contributed by atoms with van der Waals surface area (Å²) in [5.74, 6) is 0.667. The first-order valence-electron chi connectivity index (χ1n) is 9.43. The second-order valence-corrected chi connectivity index (χ2v) is 6.66. The molecule has 1 aromatic heterocycles. The number of carbonyl (C=O) groups excluding carboxylic acids is 2. The number of nitrogens with one attached hydrogen (secondary N) is 3. The van der Waals surface area contributed by atoms with E-state index in [9.17, 15) is 9.59 Å². The normalized spacial score (nSPS) is 11.6. The Morgan fingerprint density at radius 1 is 1.03 bits per heavy atom. The molecule has 0 fully saturated rings. The molecule has 0 saturated heterocycles. The maximum atomic E-state index is 12.4. The van der Waals surface area contributed by atoms with E-state index in [4.69, 9.17) is 14.2 Å². The topological polar surface area (TPSA) is 102 Å². The van der Waals surface area contributed by atoms with Crippen LogP contribution in [0.25, 0.3) is 10.9 Å². The number of para-hydroxylation sites is 1. The molecule has 158 valence electrons. The Hall–Kier alpha value is -3.68. The van der Waals surface area contributed by atoms with Gasteiger partial charge in [0.25, 0.3) is 0 Å². The number of rotatable bonds is 8. The fourth-order valence-electron chi connectivity index (χ4n) is 3.24. The molecule has 0 aliphatic rings. The van der Waals surface area contributed by atoms with Crippen LogP contribution in [0.15, 0.2) is 48.7 Å². The van der Waals surface area contributed by atoms with Gasteiger partial charge in [0.05, 0.1) is 21.3 Å². The number of urea groups is 1. The molecule has 3 N–H and O–H groups in total. The first kappa shape index (κ1) is 21.0. The third-order valence-corrected chi connectivity index (χ3v) is 4.79. The fraction of sp³-hybridized carbons (Fsp3) is 0.273. The summed E-state index contributed by atoms with van der Waals surface area (Å²) in [6.45, 7) is 0.257. The number of hydrogen-bond acceptors (Lipinski definition) is 5. The van der Waals surface area contributed by atoms with Crippen molar-refractivity contribution >= 4 is 22.9 Å². The molecular weight excluding hydrogens is 386 g/mol. The standard InChI is InChI=1S/C22H25N3O5/c1-28-19-9-8-14(10-20(19)29-2)12-24-22(27)25-18(21(26)30-3)11-15-13-23-17-7-5-4-6-16(15)17/h4-10,13,18,23H,11-12H2,1-3H3,(H2,24,25,27)/t18-/m0/s1. The highest BCUT2D eigenvalue weighted by Crippen LogP contribution is 2.27. The quantitative estimate of drug-likeness (QED) is 0.495. The highest BCUT2D eigenvalue weighted by Gasteiger charge is 2.23. The van der Waals surface area contributed by atoms with Gasteiger partial charge in [-0.15, -0.1) is 0 Å². The molecule has 0 aliphatic heterocycles.